The largest absolute Gasteiger partial charge is 0.493 e. The van der Waals surface area contributed by atoms with Crippen LogP contribution in [0, 0.1) is 0 Å². The third-order valence-electron chi connectivity index (χ3n) is 3.84. The molecule has 2 aromatic carbocycles. The molecule has 2 N–H and O–H groups in total. The maximum absolute atomic E-state index is 5.74. The van der Waals surface area contributed by atoms with Crippen LogP contribution in [0.4, 0.5) is 5.69 Å². The molecule has 146 valence electrons. The Hall–Kier alpha value is -2.57. The number of methoxy groups -OCH3 is 2. The van der Waals surface area contributed by atoms with Gasteiger partial charge in [-0.05, 0) is 23.3 Å². The van der Waals surface area contributed by atoms with Crippen LogP contribution in [0.3, 0.4) is 0 Å². The molecule has 0 heterocycles. The Morgan fingerprint density at radius 2 is 1.78 bits per heavy atom. The van der Waals surface area contributed by atoms with E-state index in [1.165, 1.54) is 5.56 Å². The van der Waals surface area contributed by atoms with Crippen molar-refractivity contribution in [2.75, 3.05) is 39.8 Å². The smallest absolute Gasteiger partial charge is 0.195 e. The second kappa shape index (κ2) is 11.9. The van der Waals surface area contributed by atoms with Crippen LogP contribution >= 0.6 is 0 Å². The SMILES string of the molecule is CN=C(NCc1cccc(COC)c1)Nc1cccc(OCCCOC)c1. The average Bonchev–Trinajstić information content (AvgIpc) is 2.69. The highest BCUT2D eigenvalue weighted by atomic mass is 16.5. The molecule has 0 spiro atoms. The fourth-order valence-electron chi connectivity index (χ4n) is 2.55. The Bertz CT molecular complexity index is 719. The fourth-order valence-corrected chi connectivity index (χ4v) is 2.55. The van der Waals surface area contributed by atoms with Crippen LogP contribution in [0.15, 0.2) is 53.5 Å². The normalized spacial score (nSPS) is 11.3. The number of anilines is 1. The fraction of sp³-hybridized carbons (Fsp3) is 0.381. The molecule has 6 heteroatoms. The van der Waals surface area contributed by atoms with Gasteiger partial charge in [-0.15, -0.1) is 0 Å². The van der Waals surface area contributed by atoms with E-state index in [9.17, 15) is 0 Å². The zero-order valence-corrected chi connectivity index (χ0v) is 16.3. The molecule has 0 aliphatic heterocycles. The lowest BCUT2D eigenvalue weighted by Crippen LogP contribution is -2.30. The first kappa shape index (κ1) is 20.7. The van der Waals surface area contributed by atoms with E-state index in [0.717, 1.165) is 23.4 Å². The van der Waals surface area contributed by atoms with Gasteiger partial charge in [0, 0.05) is 52.6 Å². The molecule has 27 heavy (non-hydrogen) atoms. The quantitative estimate of drug-likeness (QED) is 0.381. The first-order chi connectivity index (χ1) is 13.2. The Kier molecular flexibility index (Phi) is 9.17. The molecule has 2 rings (SSSR count). The van der Waals surface area contributed by atoms with Gasteiger partial charge in [0.25, 0.3) is 0 Å². The van der Waals surface area contributed by atoms with Crippen LogP contribution in [0.5, 0.6) is 5.75 Å². The third kappa shape index (κ3) is 7.68. The van der Waals surface area contributed by atoms with Crippen molar-refractivity contribution in [3.05, 3.63) is 59.7 Å². The topological polar surface area (TPSA) is 64.1 Å². The van der Waals surface area contributed by atoms with Gasteiger partial charge in [-0.1, -0.05) is 30.3 Å². The van der Waals surface area contributed by atoms with Gasteiger partial charge in [-0.25, -0.2) is 0 Å². The van der Waals surface area contributed by atoms with Crippen molar-refractivity contribution in [1.29, 1.82) is 0 Å². The molecule has 0 aliphatic rings. The van der Waals surface area contributed by atoms with Crippen LogP contribution in [0.1, 0.15) is 17.5 Å². The van der Waals surface area contributed by atoms with Gasteiger partial charge in [0.05, 0.1) is 13.2 Å². The Morgan fingerprint density at radius 3 is 2.56 bits per heavy atom. The first-order valence-electron chi connectivity index (χ1n) is 9.01. The predicted octanol–water partition coefficient (Wildman–Crippen LogP) is 3.44. The van der Waals surface area contributed by atoms with Gasteiger partial charge in [-0.2, -0.15) is 0 Å². The summed E-state index contributed by atoms with van der Waals surface area (Å²) in [7, 11) is 5.14. The third-order valence-corrected chi connectivity index (χ3v) is 3.84. The van der Waals surface area contributed by atoms with Crippen LogP contribution < -0.4 is 15.4 Å². The van der Waals surface area contributed by atoms with E-state index in [1.54, 1.807) is 21.3 Å². The van der Waals surface area contributed by atoms with Crippen molar-refractivity contribution in [2.45, 2.75) is 19.6 Å². The van der Waals surface area contributed by atoms with Crippen LogP contribution in [0.25, 0.3) is 0 Å². The average molecular weight is 371 g/mol. The number of rotatable bonds is 10. The summed E-state index contributed by atoms with van der Waals surface area (Å²) >= 11 is 0. The number of aliphatic imine (C=N–C) groups is 1. The van der Waals surface area contributed by atoms with E-state index in [1.807, 2.05) is 30.3 Å². The van der Waals surface area contributed by atoms with E-state index in [0.29, 0.717) is 32.3 Å². The second-order valence-electron chi connectivity index (χ2n) is 6.03. The number of hydrogen-bond donors (Lipinski definition) is 2. The minimum atomic E-state index is 0.609. The lowest BCUT2D eigenvalue weighted by atomic mass is 10.1. The lowest BCUT2D eigenvalue weighted by Gasteiger charge is -2.14. The lowest BCUT2D eigenvalue weighted by molar-refractivity contribution is 0.172. The molecule has 0 amide bonds. The van der Waals surface area contributed by atoms with E-state index in [2.05, 4.69) is 33.8 Å². The molecular weight excluding hydrogens is 342 g/mol. The second-order valence-corrected chi connectivity index (χ2v) is 6.03. The molecule has 0 aliphatic carbocycles. The summed E-state index contributed by atoms with van der Waals surface area (Å²) in [5.74, 6) is 1.52. The minimum Gasteiger partial charge on any atom is -0.493 e. The van der Waals surface area contributed by atoms with E-state index < -0.39 is 0 Å². The molecule has 0 aromatic heterocycles. The predicted molar refractivity (Wildman–Crippen MR) is 109 cm³/mol. The van der Waals surface area contributed by atoms with Crippen molar-refractivity contribution in [3.8, 4) is 5.75 Å². The number of guanidine groups is 1. The van der Waals surface area contributed by atoms with Crippen molar-refractivity contribution >= 4 is 11.6 Å². The van der Waals surface area contributed by atoms with Crippen LogP contribution in [-0.4, -0.2) is 40.4 Å². The van der Waals surface area contributed by atoms with Gasteiger partial charge >= 0.3 is 0 Å². The minimum absolute atomic E-state index is 0.609. The van der Waals surface area contributed by atoms with Gasteiger partial charge in [0.15, 0.2) is 5.96 Å². The van der Waals surface area contributed by atoms with Gasteiger partial charge in [0.1, 0.15) is 5.75 Å². The summed E-state index contributed by atoms with van der Waals surface area (Å²) in [5, 5.41) is 6.61. The summed E-state index contributed by atoms with van der Waals surface area (Å²) in [6, 6.07) is 16.1. The molecule has 0 saturated heterocycles. The maximum Gasteiger partial charge on any atom is 0.195 e. The molecule has 0 unspecified atom stereocenters. The summed E-state index contributed by atoms with van der Waals surface area (Å²) in [4.78, 5) is 4.29. The van der Waals surface area contributed by atoms with E-state index in [4.69, 9.17) is 14.2 Å². The zero-order chi connectivity index (χ0) is 19.3. The molecule has 0 bridgehead atoms. The highest BCUT2D eigenvalue weighted by molar-refractivity contribution is 5.93. The standard InChI is InChI=1S/C21H29N3O3/c1-22-21(23-15-17-7-4-8-18(13-17)16-26-3)24-19-9-5-10-20(14-19)27-12-6-11-25-2/h4-5,7-10,13-14H,6,11-12,15-16H2,1-3H3,(H2,22,23,24). The monoisotopic (exact) mass is 371 g/mol. The number of hydrogen-bond acceptors (Lipinski definition) is 4. The highest BCUT2D eigenvalue weighted by Crippen LogP contribution is 2.17. The Balaban J connectivity index is 1.88. The van der Waals surface area contributed by atoms with Gasteiger partial charge in [0.2, 0.25) is 0 Å². The number of nitrogens with one attached hydrogen (secondary N) is 2. The molecule has 0 saturated carbocycles. The van der Waals surface area contributed by atoms with E-state index in [-0.39, 0.29) is 0 Å². The Morgan fingerprint density at radius 1 is 0.963 bits per heavy atom. The highest BCUT2D eigenvalue weighted by Gasteiger charge is 2.03. The number of benzene rings is 2. The van der Waals surface area contributed by atoms with Crippen molar-refractivity contribution in [2.24, 2.45) is 4.99 Å². The molecule has 0 atom stereocenters. The molecule has 0 fully saturated rings. The van der Waals surface area contributed by atoms with Gasteiger partial charge in [-0.3, -0.25) is 4.99 Å². The molecule has 2 aromatic rings. The zero-order valence-electron chi connectivity index (χ0n) is 16.3. The van der Waals surface area contributed by atoms with Crippen molar-refractivity contribution in [3.63, 3.8) is 0 Å². The first-order valence-corrected chi connectivity index (χ1v) is 9.01. The van der Waals surface area contributed by atoms with Crippen molar-refractivity contribution in [1.82, 2.24) is 5.32 Å². The molecule has 6 nitrogen and oxygen atoms in total. The Labute approximate surface area is 161 Å². The molecular formula is C21H29N3O3. The maximum atomic E-state index is 5.74. The van der Waals surface area contributed by atoms with E-state index >= 15 is 0 Å². The number of nitrogens with zero attached hydrogens (tertiary/aromatic N) is 1. The van der Waals surface area contributed by atoms with Crippen LogP contribution in [-0.2, 0) is 22.6 Å². The summed E-state index contributed by atoms with van der Waals surface area (Å²) in [6.45, 7) is 2.60. The summed E-state index contributed by atoms with van der Waals surface area (Å²) in [6.07, 6.45) is 0.861. The number of ether oxygens (including phenoxy) is 3. The van der Waals surface area contributed by atoms with Crippen LogP contribution in [0.2, 0.25) is 0 Å². The van der Waals surface area contributed by atoms with Crippen molar-refractivity contribution < 1.29 is 14.2 Å². The summed E-state index contributed by atoms with van der Waals surface area (Å²) in [5.41, 5.74) is 3.24. The van der Waals surface area contributed by atoms with Gasteiger partial charge < -0.3 is 24.8 Å². The summed E-state index contributed by atoms with van der Waals surface area (Å²) < 4.78 is 16.0. The molecule has 0 radical (unpaired) electrons.